The first kappa shape index (κ1) is 20.0. The number of alkyl halides is 3. The molecular weight excluding hydrogens is 317 g/mol. The van der Waals surface area contributed by atoms with Gasteiger partial charge in [0.05, 0.1) is 5.69 Å². The Hall–Kier alpha value is -2.08. The number of Topliss-reactive ketones (excluding diaryl/α,β-unsaturated/α-hetero) is 1. The second-order valence-corrected chi connectivity index (χ2v) is 5.89. The number of para-hydroxylation sites is 1. The van der Waals surface area contributed by atoms with Crippen LogP contribution in [0.15, 0.2) is 53.8 Å². The van der Waals surface area contributed by atoms with E-state index in [1.807, 2.05) is 44.2 Å². The van der Waals surface area contributed by atoms with Gasteiger partial charge >= 0.3 is 6.18 Å². The molecule has 0 fully saturated rings. The van der Waals surface area contributed by atoms with E-state index in [0.717, 1.165) is 17.0 Å². The maximum absolute atomic E-state index is 12.3. The van der Waals surface area contributed by atoms with Crippen LogP contribution in [-0.2, 0) is 4.79 Å². The highest BCUT2D eigenvalue weighted by atomic mass is 19.4. The number of carbonyl (C=O) groups excluding carboxylic acids is 1. The van der Waals surface area contributed by atoms with Gasteiger partial charge in [0.1, 0.15) is 0 Å². The predicted octanol–water partition coefficient (Wildman–Crippen LogP) is 4.76. The summed E-state index contributed by atoms with van der Waals surface area (Å²) in [7, 11) is 0. The second-order valence-electron chi connectivity index (χ2n) is 5.89. The van der Waals surface area contributed by atoms with E-state index in [9.17, 15) is 18.0 Å². The van der Waals surface area contributed by atoms with Gasteiger partial charge in [0.25, 0.3) is 0 Å². The minimum Gasteiger partial charge on any atom is -0.290 e. The van der Waals surface area contributed by atoms with Gasteiger partial charge in [0, 0.05) is 18.5 Å². The molecule has 1 atom stereocenters. The number of carbonyl (C=O) groups is 1. The molecule has 0 aromatic heterocycles. The summed E-state index contributed by atoms with van der Waals surface area (Å²) in [5.74, 6) is 3.95. The van der Waals surface area contributed by atoms with E-state index >= 15 is 0 Å². The second kappa shape index (κ2) is 8.68. The number of rotatable bonds is 7. The molecule has 2 N–H and O–H groups in total. The first-order valence-electron chi connectivity index (χ1n) is 7.65. The fraction of sp³-hybridized carbons (Fsp3) is 0.389. The van der Waals surface area contributed by atoms with Crippen molar-refractivity contribution in [3.8, 4) is 0 Å². The lowest BCUT2D eigenvalue weighted by atomic mass is 10.0. The molecule has 24 heavy (non-hydrogen) atoms. The molecular formula is C18H23F3N2O. The molecule has 1 aromatic carbocycles. The van der Waals surface area contributed by atoms with Gasteiger partial charge in [-0.2, -0.15) is 13.2 Å². The molecule has 0 aliphatic carbocycles. The third-order valence-corrected chi connectivity index (χ3v) is 3.50. The van der Waals surface area contributed by atoms with Crippen molar-refractivity contribution in [2.45, 2.75) is 39.8 Å². The molecule has 3 nitrogen and oxygen atoms in total. The van der Waals surface area contributed by atoms with E-state index in [1.54, 1.807) is 24.1 Å². The highest BCUT2D eigenvalue weighted by Crippen LogP contribution is 2.23. The molecule has 0 saturated carbocycles. The van der Waals surface area contributed by atoms with E-state index in [4.69, 9.17) is 5.84 Å². The topological polar surface area (TPSA) is 46.3 Å². The van der Waals surface area contributed by atoms with Gasteiger partial charge < -0.3 is 0 Å². The zero-order valence-electron chi connectivity index (χ0n) is 14.1. The number of nitrogens with zero attached hydrogens (tertiary/aromatic N) is 1. The molecule has 1 rings (SSSR count). The molecule has 6 heteroatoms. The van der Waals surface area contributed by atoms with Gasteiger partial charge in [-0.05, 0) is 31.9 Å². The zero-order chi connectivity index (χ0) is 18.3. The van der Waals surface area contributed by atoms with Crippen molar-refractivity contribution in [2.75, 3.05) is 5.01 Å². The van der Waals surface area contributed by atoms with Crippen molar-refractivity contribution in [2.24, 2.45) is 11.8 Å². The Labute approximate surface area is 140 Å². The number of anilines is 1. The molecule has 1 unspecified atom stereocenters. The van der Waals surface area contributed by atoms with Gasteiger partial charge in [0.2, 0.25) is 5.78 Å². The monoisotopic (exact) mass is 340 g/mol. The first-order chi connectivity index (χ1) is 11.1. The van der Waals surface area contributed by atoms with Crippen molar-refractivity contribution in [1.29, 1.82) is 0 Å². The summed E-state index contributed by atoms with van der Waals surface area (Å²) in [6.07, 6.45) is -1.48. The summed E-state index contributed by atoms with van der Waals surface area (Å²) >= 11 is 0. The van der Waals surface area contributed by atoms with E-state index in [2.05, 4.69) is 0 Å². The number of ketones is 1. The lowest BCUT2D eigenvalue weighted by Crippen LogP contribution is -2.30. The molecule has 0 heterocycles. The minimum absolute atomic E-state index is 0.471. The smallest absolute Gasteiger partial charge is 0.290 e. The van der Waals surface area contributed by atoms with Crippen LogP contribution in [0.3, 0.4) is 0 Å². The molecule has 0 saturated heterocycles. The third-order valence-electron chi connectivity index (χ3n) is 3.50. The summed E-state index contributed by atoms with van der Waals surface area (Å²) in [4.78, 5) is 11.0. The van der Waals surface area contributed by atoms with Gasteiger partial charge in [-0.1, -0.05) is 42.8 Å². The quantitative estimate of drug-likeness (QED) is 0.442. The number of halogens is 3. The van der Waals surface area contributed by atoms with E-state index < -0.39 is 24.3 Å². The van der Waals surface area contributed by atoms with Crippen molar-refractivity contribution < 1.29 is 18.0 Å². The van der Waals surface area contributed by atoms with Crippen molar-refractivity contribution in [1.82, 2.24) is 0 Å². The molecule has 0 bridgehead atoms. The van der Waals surface area contributed by atoms with Crippen LogP contribution in [-0.4, -0.2) is 12.0 Å². The molecule has 0 amide bonds. The molecule has 0 aliphatic rings. The first-order valence-corrected chi connectivity index (χ1v) is 7.65. The predicted molar refractivity (Wildman–Crippen MR) is 90.1 cm³/mol. The third kappa shape index (κ3) is 6.20. The number of hydrazine groups is 1. The van der Waals surface area contributed by atoms with Crippen LogP contribution < -0.4 is 10.9 Å². The highest BCUT2D eigenvalue weighted by molar-refractivity contribution is 5.84. The maximum atomic E-state index is 12.3. The van der Waals surface area contributed by atoms with Gasteiger partial charge in [-0.25, -0.2) is 5.84 Å². The van der Waals surface area contributed by atoms with Gasteiger partial charge in [0.15, 0.2) is 0 Å². The largest absolute Gasteiger partial charge is 0.449 e. The number of nitrogens with two attached hydrogens (primary N) is 1. The summed E-state index contributed by atoms with van der Waals surface area (Å²) in [6.45, 7) is 5.42. The van der Waals surface area contributed by atoms with Gasteiger partial charge in [-0.15, -0.1) is 0 Å². The Morgan fingerprint density at radius 3 is 2.33 bits per heavy atom. The molecule has 132 valence electrons. The standard InChI is InChI=1S/C18H23F3N2O/c1-13(2)16(23(22)15-9-5-4-6-10-15)11-7-8-14(3)12-17(24)18(19,20)21/h4-10,14H,11-12,22H2,1-3H3. The van der Waals surface area contributed by atoms with Crippen molar-refractivity contribution >= 4 is 11.5 Å². The Kier molecular flexibility index (Phi) is 7.22. The number of hydrogen-bond acceptors (Lipinski definition) is 3. The Balaban J connectivity index is 2.71. The van der Waals surface area contributed by atoms with Crippen molar-refractivity contribution in [3.05, 3.63) is 53.8 Å². The van der Waals surface area contributed by atoms with Crippen LogP contribution in [0.2, 0.25) is 0 Å². The van der Waals surface area contributed by atoms with Crippen LogP contribution in [0, 0.1) is 5.92 Å². The fourth-order valence-electron chi connectivity index (χ4n) is 2.18. The Morgan fingerprint density at radius 1 is 1.25 bits per heavy atom. The van der Waals surface area contributed by atoms with Crippen LogP contribution in [0.25, 0.3) is 0 Å². The average Bonchev–Trinajstić information content (AvgIpc) is 2.50. The van der Waals surface area contributed by atoms with Crippen LogP contribution in [0.1, 0.15) is 33.6 Å². The lowest BCUT2D eigenvalue weighted by molar-refractivity contribution is -0.171. The minimum atomic E-state index is -4.77. The molecule has 0 spiro atoms. The number of allylic oxidation sites excluding steroid dienone is 3. The van der Waals surface area contributed by atoms with Crippen LogP contribution in [0.5, 0.6) is 0 Å². The summed E-state index contributed by atoms with van der Waals surface area (Å²) in [6, 6.07) is 9.38. The number of benzene rings is 1. The van der Waals surface area contributed by atoms with E-state index in [0.29, 0.717) is 6.42 Å². The molecule has 0 radical (unpaired) electrons. The van der Waals surface area contributed by atoms with Crippen molar-refractivity contribution in [3.63, 3.8) is 0 Å². The summed E-state index contributed by atoms with van der Waals surface area (Å²) in [5, 5.41) is 1.56. The molecule has 0 aliphatic heterocycles. The Morgan fingerprint density at radius 2 is 1.83 bits per heavy atom. The zero-order valence-corrected chi connectivity index (χ0v) is 14.1. The normalized spacial score (nSPS) is 13.0. The SMILES string of the molecule is CC(C)=C(CC=CC(C)CC(=O)C(F)(F)F)N(N)c1ccccc1. The Bertz CT molecular complexity index is 602. The van der Waals surface area contributed by atoms with Crippen LogP contribution >= 0.6 is 0 Å². The summed E-state index contributed by atoms with van der Waals surface area (Å²) in [5.41, 5.74) is 2.68. The van der Waals surface area contributed by atoms with Crippen LogP contribution in [0.4, 0.5) is 18.9 Å². The highest BCUT2D eigenvalue weighted by Gasteiger charge is 2.38. The maximum Gasteiger partial charge on any atom is 0.449 e. The van der Waals surface area contributed by atoms with Gasteiger partial charge in [-0.3, -0.25) is 9.80 Å². The lowest BCUT2D eigenvalue weighted by Gasteiger charge is -2.23. The average molecular weight is 340 g/mol. The van der Waals surface area contributed by atoms with E-state index in [1.165, 1.54) is 0 Å². The van der Waals surface area contributed by atoms with E-state index in [-0.39, 0.29) is 0 Å². The number of hydrogen-bond donors (Lipinski definition) is 1. The fourth-order valence-corrected chi connectivity index (χ4v) is 2.18. The summed E-state index contributed by atoms with van der Waals surface area (Å²) < 4.78 is 36.8. The molecule has 1 aromatic rings.